The summed E-state index contributed by atoms with van der Waals surface area (Å²) in [5, 5.41) is 3.77. The highest BCUT2D eigenvalue weighted by atomic mass is 19.1. The third-order valence-electron chi connectivity index (χ3n) is 5.47. The van der Waals surface area contributed by atoms with Crippen LogP contribution in [0.5, 0.6) is 0 Å². The van der Waals surface area contributed by atoms with Crippen LogP contribution in [0.2, 0.25) is 0 Å². The predicted octanol–water partition coefficient (Wildman–Crippen LogP) is 2.90. The van der Waals surface area contributed by atoms with Crippen LogP contribution in [-0.2, 0) is 11.2 Å². The molecule has 0 amide bonds. The van der Waals surface area contributed by atoms with E-state index in [0.717, 1.165) is 51.9 Å². The minimum atomic E-state index is -0.117. The molecule has 1 saturated heterocycles. The lowest BCUT2D eigenvalue weighted by Gasteiger charge is -2.44. The molecule has 22 heavy (non-hydrogen) atoms. The van der Waals surface area contributed by atoms with Gasteiger partial charge in [-0.2, -0.15) is 0 Å². The summed E-state index contributed by atoms with van der Waals surface area (Å²) in [7, 11) is 4.33. The first-order chi connectivity index (χ1) is 10.6. The SMILES string of the molecule is CN(C)C1(CN[C@H]2CCCc3cc(F)ccc32)CCOCC1. The molecule has 0 unspecified atom stereocenters. The molecule has 0 radical (unpaired) electrons. The van der Waals surface area contributed by atoms with Gasteiger partial charge in [-0.25, -0.2) is 4.39 Å². The Morgan fingerprint density at radius 3 is 2.82 bits per heavy atom. The van der Waals surface area contributed by atoms with Crippen LogP contribution in [0.25, 0.3) is 0 Å². The molecule has 4 heteroatoms. The Bertz CT molecular complexity index is 512. The number of nitrogens with one attached hydrogen (secondary N) is 1. The van der Waals surface area contributed by atoms with Crippen LogP contribution in [0, 0.1) is 5.82 Å². The second-order valence-corrected chi connectivity index (χ2v) is 6.90. The van der Waals surface area contributed by atoms with Crippen molar-refractivity contribution in [3.05, 3.63) is 35.1 Å². The van der Waals surface area contributed by atoms with Gasteiger partial charge in [0.1, 0.15) is 5.82 Å². The fourth-order valence-corrected chi connectivity index (χ4v) is 3.84. The predicted molar refractivity (Wildman–Crippen MR) is 86.6 cm³/mol. The van der Waals surface area contributed by atoms with Crippen molar-refractivity contribution in [1.29, 1.82) is 0 Å². The van der Waals surface area contributed by atoms with Crippen molar-refractivity contribution in [3.63, 3.8) is 0 Å². The fourth-order valence-electron chi connectivity index (χ4n) is 3.84. The summed E-state index contributed by atoms with van der Waals surface area (Å²) < 4.78 is 19.0. The zero-order chi connectivity index (χ0) is 15.6. The maximum Gasteiger partial charge on any atom is 0.123 e. The second-order valence-electron chi connectivity index (χ2n) is 6.90. The standard InChI is InChI=1S/C18H27FN2O/c1-21(2)18(8-10-22-11-9-18)13-20-17-5-3-4-14-12-15(19)6-7-16(14)17/h6-7,12,17,20H,3-5,8-11,13H2,1-2H3/t17-/m0/s1. The van der Waals surface area contributed by atoms with Gasteiger partial charge >= 0.3 is 0 Å². The molecule has 0 spiro atoms. The van der Waals surface area contributed by atoms with E-state index in [9.17, 15) is 4.39 Å². The van der Waals surface area contributed by atoms with Crippen LogP contribution in [0.3, 0.4) is 0 Å². The van der Waals surface area contributed by atoms with E-state index in [4.69, 9.17) is 4.74 Å². The van der Waals surface area contributed by atoms with Crippen molar-refractivity contribution >= 4 is 0 Å². The summed E-state index contributed by atoms with van der Waals surface area (Å²) in [4.78, 5) is 2.34. The first kappa shape index (κ1) is 15.9. The van der Waals surface area contributed by atoms with Gasteiger partial charge in [-0.1, -0.05) is 6.07 Å². The van der Waals surface area contributed by atoms with Crippen LogP contribution in [0.1, 0.15) is 42.9 Å². The number of rotatable bonds is 4. The molecule has 3 rings (SSSR count). The number of fused-ring (bicyclic) bond motifs is 1. The molecule has 3 nitrogen and oxygen atoms in total. The van der Waals surface area contributed by atoms with Crippen molar-refractivity contribution in [2.24, 2.45) is 0 Å². The summed E-state index contributed by atoms with van der Waals surface area (Å²) in [6.45, 7) is 2.64. The minimum absolute atomic E-state index is 0.117. The number of likely N-dealkylation sites (N-methyl/N-ethyl adjacent to an activating group) is 1. The van der Waals surface area contributed by atoms with Gasteiger partial charge in [0.05, 0.1) is 0 Å². The summed E-state index contributed by atoms with van der Waals surface area (Å²) >= 11 is 0. The summed E-state index contributed by atoms with van der Waals surface area (Å²) in [5.74, 6) is -0.117. The number of halogens is 1. The Labute approximate surface area is 132 Å². The molecule has 0 aromatic heterocycles. The average Bonchev–Trinajstić information content (AvgIpc) is 2.53. The molecule has 1 heterocycles. The number of hydrogen-bond acceptors (Lipinski definition) is 3. The summed E-state index contributed by atoms with van der Waals surface area (Å²) in [6.07, 6.45) is 5.40. The zero-order valence-corrected chi connectivity index (χ0v) is 13.7. The average molecular weight is 306 g/mol. The molecule has 1 aliphatic heterocycles. The van der Waals surface area contributed by atoms with Crippen molar-refractivity contribution in [2.45, 2.75) is 43.7 Å². The molecule has 1 aromatic rings. The van der Waals surface area contributed by atoms with E-state index in [2.05, 4.69) is 24.3 Å². The molecular weight excluding hydrogens is 279 g/mol. The van der Waals surface area contributed by atoms with Gasteiger partial charge in [-0.3, -0.25) is 0 Å². The lowest BCUT2D eigenvalue weighted by atomic mass is 9.85. The van der Waals surface area contributed by atoms with Crippen molar-refractivity contribution in [2.75, 3.05) is 33.9 Å². The molecule has 1 N–H and O–H groups in total. The molecule has 1 aliphatic carbocycles. The van der Waals surface area contributed by atoms with E-state index in [1.165, 1.54) is 11.1 Å². The summed E-state index contributed by atoms with van der Waals surface area (Å²) in [5.41, 5.74) is 2.64. The first-order valence-electron chi connectivity index (χ1n) is 8.38. The Balaban J connectivity index is 1.71. The van der Waals surface area contributed by atoms with Gasteiger partial charge in [0.2, 0.25) is 0 Å². The molecule has 1 aromatic carbocycles. The van der Waals surface area contributed by atoms with Gasteiger partial charge < -0.3 is 15.0 Å². The fraction of sp³-hybridized carbons (Fsp3) is 0.667. The van der Waals surface area contributed by atoms with E-state index >= 15 is 0 Å². The van der Waals surface area contributed by atoms with Crippen LogP contribution < -0.4 is 5.32 Å². The Kier molecular flexibility index (Phi) is 4.81. The maximum atomic E-state index is 13.4. The zero-order valence-electron chi connectivity index (χ0n) is 13.7. The van der Waals surface area contributed by atoms with E-state index in [1.54, 1.807) is 12.1 Å². The lowest BCUT2D eigenvalue weighted by molar-refractivity contribution is -0.00853. The third-order valence-corrected chi connectivity index (χ3v) is 5.47. The molecular formula is C18H27FN2O. The molecule has 1 fully saturated rings. The number of ether oxygens (including phenoxy) is 1. The van der Waals surface area contributed by atoms with Gasteiger partial charge in [-0.15, -0.1) is 0 Å². The van der Waals surface area contributed by atoms with Crippen molar-refractivity contribution < 1.29 is 9.13 Å². The van der Waals surface area contributed by atoms with Gasteiger partial charge in [0.15, 0.2) is 0 Å². The molecule has 122 valence electrons. The highest BCUT2D eigenvalue weighted by Crippen LogP contribution is 2.32. The van der Waals surface area contributed by atoms with Crippen molar-refractivity contribution in [1.82, 2.24) is 10.2 Å². The van der Waals surface area contributed by atoms with Crippen LogP contribution in [-0.4, -0.2) is 44.3 Å². The Hall–Kier alpha value is -0.970. The largest absolute Gasteiger partial charge is 0.381 e. The molecule has 0 bridgehead atoms. The number of aryl methyl sites for hydroxylation is 1. The van der Waals surface area contributed by atoms with Gasteiger partial charge in [-0.05, 0) is 69.5 Å². The monoisotopic (exact) mass is 306 g/mol. The lowest BCUT2D eigenvalue weighted by Crippen LogP contribution is -2.55. The quantitative estimate of drug-likeness (QED) is 0.926. The van der Waals surface area contributed by atoms with Crippen molar-refractivity contribution in [3.8, 4) is 0 Å². The highest BCUT2D eigenvalue weighted by molar-refractivity contribution is 5.32. The normalized spacial score (nSPS) is 24.3. The minimum Gasteiger partial charge on any atom is -0.381 e. The Morgan fingerprint density at radius 1 is 1.32 bits per heavy atom. The van der Waals surface area contributed by atoms with E-state index < -0.39 is 0 Å². The first-order valence-corrected chi connectivity index (χ1v) is 8.38. The van der Waals surface area contributed by atoms with Crippen LogP contribution >= 0.6 is 0 Å². The second kappa shape index (κ2) is 6.65. The molecule has 2 aliphatic rings. The maximum absolute atomic E-state index is 13.4. The van der Waals surface area contributed by atoms with Gasteiger partial charge in [0, 0.05) is 31.3 Å². The Morgan fingerprint density at radius 2 is 2.09 bits per heavy atom. The van der Waals surface area contributed by atoms with E-state index in [1.807, 2.05) is 6.07 Å². The van der Waals surface area contributed by atoms with Gasteiger partial charge in [0.25, 0.3) is 0 Å². The smallest absolute Gasteiger partial charge is 0.123 e. The van der Waals surface area contributed by atoms with Crippen LogP contribution in [0.15, 0.2) is 18.2 Å². The number of benzene rings is 1. The third kappa shape index (κ3) is 3.19. The summed E-state index contributed by atoms with van der Waals surface area (Å²) in [6, 6.07) is 5.62. The molecule has 0 saturated carbocycles. The van der Waals surface area contributed by atoms with Crippen LogP contribution in [0.4, 0.5) is 4.39 Å². The topological polar surface area (TPSA) is 24.5 Å². The molecule has 1 atom stereocenters. The highest BCUT2D eigenvalue weighted by Gasteiger charge is 2.35. The number of hydrogen-bond donors (Lipinski definition) is 1. The van der Waals surface area contributed by atoms with E-state index in [0.29, 0.717) is 6.04 Å². The number of nitrogens with zero attached hydrogens (tertiary/aromatic N) is 1. The van der Waals surface area contributed by atoms with E-state index in [-0.39, 0.29) is 11.4 Å².